The van der Waals surface area contributed by atoms with E-state index in [1.165, 1.54) is 0 Å². The van der Waals surface area contributed by atoms with Crippen LogP contribution < -0.4 is 4.74 Å². The van der Waals surface area contributed by atoms with E-state index in [0.29, 0.717) is 6.61 Å². The molecule has 1 aromatic carbocycles. The first-order valence-electron chi connectivity index (χ1n) is 3.13. The Hall–Kier alpha value is -0.250. The van der Waals surface area contributed by atoms with Gasteiger partial charge < -0.3 is 4.74 Å². The second kappa shape index (κ2) is 3.81. The molecule has 0 fully saturated rings. The first kappa shape index (κ1) is 7.85. The van der Waals surface area contributed by atoms with Crippen LogP contribution in [0.25, 0.3) is 0 Å². The Labute approximate surface area is 74.5 Å². The van der Waals surface area contributed by atoms with Gasteiger partial charge in [0.15, 0.2) is 0 Å². The van der Waals surface area contributed by atoms with Gasteiger partial charge in [-0.1, -0.05) is 0 Å². The zero-order chi connectivity index (χ0) is 7.40. The molecule has 0 saturated heterocycles. The highest BCUT2D eigenvalue weighted by molar-refractivity contribution is 14.1. The van der Waals surface area contributed by atoms with E-state index in [2.05, 4.69) is 28.7 Å². The summed E-state index contributed by atoms with van der Waals surface area (Å²) in [6.45, 7) is 2.69. The number of ether oxygens (including phenoxy) is 1. The van der Waals surface area contributed by atoms with Gasteiger partial charge >= 0.3 is 0 Å². The molecule has 0 aliphatic heterocycles. The van der Waals surface area contributed by atoms with E-state index < -0.39 is 0 Å². The van der Waals surface area contributed by atoms with Crippen molar-refractivity contribution in [2.75, 3.05) is 6.61 Å². The average Bonchev–Trinajstić information content (AvgIpc) is 1.95. The fraction of sp³-hybridized carbons (Fsp3) is 0.250. The van der Waals surface area contributed by atoms with Crippen molar-refractivity contribution in [2.45, 2.75) is 6.92 Å². The molecule has 0 aromatic heterocycles. The lowest BCUT2D eigenvalue weighted by Gasteiger charge is -2.00. The smallest absolute Gasteiger partial charge is 0.119 e. The third kappa shape index (κ3) is 2.17. The van der Waals surface area contributed by atoms with Crippen molar-refractivity contribution in [3.8, 4) is 5.75 Å². The molecule has 1 aromatic rings. The average molecular weight is 247 g/mol. The molecule has 2 heteroatoms. The van der Waals surface area contributed by atoms with Crippen LogP contribution in [0.5, 0.6) is 5.75 Å². The van der Waals surface area contributed by atoms with Gasteiger partial charge in [-0.15, -0.1) is 0 Å². The van der Waals surface area contributed by atoms with Crippen LogP contribution in [0.15, 0.2) is 18.2 Å². The maximum Gasteiger partial charge on any atom is 0.119 e. The van der Waals surface area contributed by atoms with Crippen LogP contribution in [0.4, 0.5) is 0 Å². The van der Waals surface area contributed by atoms with Gasteiger partial charge in [0.25, 0.3) is 0 Å². The lowest BCUT2D eigenvalue weighted by atomic mass is 10.3. The van der Waals surface area contributed by atoms with Crippen LogP contribution in [0.2, 0.25) is 0 Å². The van der Waals surface area contributed by atoms with E-state index in [1.807, 2.05) is 25.1 Å². The molecule has 0 amide bonds. The van der Waals surface area contributed by atoms with Gasteiger partial charge in [0, 0.05) is 3.57 Å². The first-order chi connectivity index (χ1) is 4.83. The van der Waals surface area contributed by atoms with E-state index >= 15 is 0 Å². The maximum atomic E-state index is 5.23. The number of hydrogen-bond donors (Lipinski definition) is 0. The molecule has 0 N–H and O–H groups in total. The largest absolute Gasteiger partial charge is 0.494 e. The van der Waals surface area contributed by atoms with E-state index in [0.717, 1.165) is 9.32 Å². The van der Waals surface area contributed by atoms with Crippen LogP contribution in [0, 0.1) is 9.64 Å². The standard InChI is InChI=1S/C8H8IO/c1-2-10-8-5-3-7(9)4-6-8/h3,5-6H,2H2,1H3. The molecule has 0 saturated carbocycles. The molecule has 0 aliphatic rings. The minimum Gasteiger partial charge on any atom is -0.494 e. The number of benzene rings is 1. The molecule has 53 valence electrons. The molecule has 10 heavy (non-hydrogen) atoms. The monoisotopic (exact) mass is 247 g/mol. The summed E-state index contributed by atoms with van der Waals surface area (Å²) in [6.07, 6.45) is 0. The molecule has 0 bridgehead atoms. The molecule has 0 unspecified atom stereocenters. The molecule has 0 heterocycles. The van der Waals surface area contributed by atoms with Gasteiger partial charge in [-0.2, -0.15) is 0 Å². The van der Waals surface area contributed by atoms with Gasteiger partial charge in [-0.25, -0.2) is 0 Å². The summed E-state index contributed by atoms with van der Waals surface area (Å²) in [4.78, 5) is 0. The Bertz CT molecular complexity index is 193. The van der Waals surface area contributed by atoms with Crippen molar-refractivity contribution in [3.63, 3.8) is 0 Å². The predicted molar refractivity (Wildman–Crippen MR) is 49.2 cm³/mol. The highest BCUT2D eigenvalue weighted by Gasteiger charge is 1.89. The Morgan fingerprint density at radius 1 is 1.60 bits per heavy atom. The Kier molecular flexibility index (Phi) is 2.99. The van der Waals surface area contributed by atoms with Crippen molar-refractivity contribution in [1.82, 2.24) is 0 Å². The minimum atomic E-state index is 0.717. The first-order valence-corrected chi connectivity index (χ1v) is 4.21. The number of hydrogen-bond acceptors (Lipinski definition) is 1. The summed E-state index contributed by atoms with van der Waals surface area (Å²) in [6, 6.07) is 8.82. The highest BCUT2D eigenvalue weighted by Crippen LogP contribution is 2.12. The molecular weight excluding hydrogens is 239 g/mol. The summed E-state index contributed by atoms with van der Waals surface area (Å²) >= 11 is 2.21. The Balaban J connectivity index is 2.69. The second-order valence-corrected chi connectivity index (χ2v) is 2.97. The molecule has 0 atom stereocenters. The van der Waals surface area contributed by atoms with Crippen molar-refractivity contribution >= 4 is 22.6 Å². The number of rotatable bonds is 2. The molecular formula is C8H8IO. The zero-order valence-corrected chi connectivity index (χ0v) is 7.88. The Morgan fingerprint density at radius 2 is 2.40 bits per heavy atom. The van der Waals surface area contributed by atoms with Crippen molar-refractivity contribution < 1.29 is 4.74 Å². The van der Waals surface area contributed by atoms with Gasteiger partial charge in [0.05, 0.1) is 6.61 Å². The maximum absolute atomic E-state index is 5.23. The fourth-order valence-electron chi connectivity index (χ4n) is 0.648. The molecule has 1 nitrogen and oxygen atoms in total. The zero-order valence-electron chi connectivity index (χ0n) is 5.73. The van der Waals surface area contributed by atoms with Crippen LogP contribution in [-0.2, 0) is 0 Å². The number of halogens is 1. The SMILES string of the molecule is CCOc1c[c]c(I)cc1. The molecule has 1 rings (SSSR count). The topological polar surface area (TPSA) is 9.23 Å². The lowest BCUT2D eigenvalue weighted by Crippen LogP contribution is -1.90. The second-order valence-electron chi connectivity index (χ2n) is 1.81. The third-order valence-corrected chi connectivity index (χ3v) is 1.73. The summed E-state index contributed by atoms with van der Waals surface area (Å²) in [5, 5.41) is 0. The van der Waals surface area contributed by atoms with Crippen LogP contribution in [0.3, 0.4) is 0 Å². The van der Waals surface area contributed by atoms with Crippen LogP contribution in [0.1, 0.15) is 6.92 Å². The summed E-state index contributed by atoms with van der Waals surface area (Å²) in [5.41, 5.74) is 0. The van der Waals surface area contributed by atoms with E-state index in [1.54, 1.807) is 0 Å². The Morgan fingerprint density at radius 3 is 2.90 bits per heavy atom. The van der Waals surface area contributed by atoms with E-state index in [-0.39, 0.29) is 0 Å². The summed E-state index contributed by atoms with van der Waals surface area (Å²) in [5.74, 6) is 0.892. The molecule has 0 spiro atoms. The normalized spacial score (nSPS) is 9.40. The van der Waals surface area contributed by atoms with E-state index in [4.69, 9.17) is 4.74 Å². The van der Waals surface area contributed by atoms with Gasteiger partial charge in [0.1, 0.15) is 5.75 Å². The quantitative estimate of drug-likeness (QED) is 0.729. The van der Waals surface area contributed by atoms with E-state index in [9.17, 15) is 0 Å². The van der Waals surface area contributed by atoms with Crippen LogP contribution in [-0.4, -0.2) is 6.61 Å². The minimum absolute atomic E-state index is 0.717. The van der Waals surface area contributed by atoms with Crippen LogP contribution >= 0.6 is 22.6 Å². The van der Waals surface area contributed by atoms with Crippen molar-refractivity contribution in [1.29, 1.82) is 0 Å². The van der Waals surface area contributed by atoms with Gasteiger partial charge in [-0.3, -0.25) is 0 Å². The lowest BCUT2D eigenvalue weighted by molar-refractivity contribution is 0.340. The van der Waals surface area contributed by atoms with Crippen molar-refractivity contribution in [2.24, 2.45) is 0 Å². The van der Waals surface area contributed by atoms with Crippen molar-refractivity contribution in [3.05, 3.63) is 27.8 Å². The predicted octanol–water partition coefficient (Wildman–Crippen LogP) is 2.49. The fourth-order valence-corrected chi connectivity index (χ4v) is 0.984. The molecule has 1 radical (unpaired) electrons. The summed E-state index contributed by atoms with van der Waals surface area (Å²) < 4.78 is 6.34. The van der Waals surface area contributed by atoms with Gasteiger partial charge in [-0.05, 0) is 53.8 Å². The third-order valence-electron chi connectivity index (χ3n) is 1.06. The summed E-state index contributed by atoms with van der Waals surface area (Å²) in [7, 11) is 0. The highest BCUT2D eigenvalue weighted by atomic mass is 127. The molecule has 0 aliphatic carbocycles. The van der Waals surface area contributed by atoms with Gasteiger partial charge in [0.2, 0.25) is 0 Å².